The van der Waals surface area contributed by atoms with Gasteiger partial charge in [-0.25, -0.2) is 9.37 Å². The van der Waals surface area contributed by atoms with Gasteiger partial charge < -0.3 is 9.64 Å². The summed E-state index contributed by atoms with van der Waals surface area (Å²) in [6.07, 6.45) is 1.82. The van der Waals surface area contributed by atoms with Crippen molar-refractivity contribution in [3.05, 3.63) is 53.1 Å². The molecule has 0 unspecified atom stereocenters. The molecule has 1 aliphatic carbocycles. The van der Waals surface area contributed by atoms with E-state index in [0.29, 0.717) is 54.1 Å². The maximum atomic E-state index is 14.3. The number of Topliss-reactive ketones (excluding diaryl/α,β-unsaturated/α-hetero) is 2. The lowest BCUT2D eigenvalue weighted by Gasteiger charge is -2.18. The lowest BCUT2D eigenvalue weighted by atomic mass is 10.1. The number of anilines is 1. The van der Waals surface area contributed by atoms with E-state index in [9.17, 15) is 18.8 Å². The molecule has 7 heteroatoms. The molecule has 1 saturated heterocycles. The molecule has 0 spiro atoms. The summed E-state index contributed by atoms with van der Waals surface area (Å²) >= 11 is 0. The van der Waals surface area contributed by atoms with Gasteiger partial charge in [0.2, 0.25) is 0 Å². The number of carbonyl (C=O) groups excluding carboxylic acids is 3. The number of amides is 1. The van der Waals surface area contributed by atoms with E-state index in [1.165, 1.54) is 30.2 Å². The summed E-state index contributed by atoms with van der Waals surface area (Å²) in [4.78, 5) is 41.3. The lowest BCUT2D eigenvalue weighted by Crippen LogP contribution is -2.32. The second-order valence-electron chi connectivity index (χ2n) is 6.70. The van der Waals surface area contributed by atoms with E-state index >= 15 is 0 Å². The Kier molecular flexibility index (Phi) is 4.22. The number of fused-ring (bicyclic) bond motifs is 1. The van der Waals surface area contributed by atoms with Crippen molar-refractivity contribution in [2.75, 3.05) is 11.4 Å². The minimum Gasteiger partial charge on any atom is -0.479 e. The molecule has 1 atom stereocenters. The van der Waals surface area contributed by atoms with Crippen molar-refractivity contribution in [2.24, 2.45) is 0 Å². The first kappa shape index (κ1) is 17.3. The maximum absolute atomic E-state index is 14.3. The molecule has 0 bridgehead atoms. The van der Waals surface area contributed by atoms with Gasteiger partial charge in [-0.15, -0.1) is 0 Å². The molecule has 0 N–H and O–H groups in total. The average molecular weight is 368 g/mol. The van der Waals surface area contributed by atoms with Gasteiger partial charge >= 0.3 is 0 Å². The highest BCUT2D eigenvalue weighted by Crippen LogP contribution is 2.32. The van der Waals surface area contributed by atoms with Crippen LogP contribution in [0.3, 0.4) is 0 Å². The highest BCUT2D eigenvalue weighted by molar-refractivity contribution is 6.04. The SMILES string of the molecule is CC(=O)c1ccc(O[C@@H]2CCN(c3cc(F)c4c(c3)C(=O)CC4)C2=O)cn1. The van der Waals surface area contributed by atoms with E-state index in [4.69, 9.17) is 4.74 Å². The van der Waals surface area contributed by atoms with Gasteiger partial charge in [-0.3, -0.25) is 14.4 Å². The van der Waals surface area contributed by atoms with Crippen molar-refractivity contribution in [3.63, 3.8) is 0 Å². The number of ether oxygens (including phenoxy) is 1. The van der Waals surface area contributed by atoms with Crippen molar-refractivity contribution in [3.8, 4) is 5.75 Å². The number of halogens is 1. The summed E-state index contributed by atoms with van der Waals surface area (Å²) in [5, 5.41) is 0. The smallest absolute Gasteiger partial charge is 0.268 e. The van der Waals surface area contributed by atoms with E-state index < -0.39 is 11.9 Å². The topological polar surface area (TPSA) is 76.6 Å². The van der Waals surface area contributed by atoms with Crippen molar-refractivity contribution in [2.45, 2.75) is 32.3 Å². The first-order valence-electron chi connectivity index (χ1n) is 8.74. The first-order valence-corrected chi connectivity index (χ1v) is 8.74. The standard InChI is InChI=1S/C20H17FN2O4/c1-11(24)17-4-2-13(10-22-17)27-19-6-7-23(20(19)26)12-8-15-14(16(21)9-12)3-5-18(15)25/h2,4,8-10,19H,3,5-7H2,1H3/t19-/m1/s1. The van der Waals surface area contributed by atoms with Gasteiger partial charge in [0.05, 0.1) is 6.20 Å². The van der Waals surface area contributed by atoms with Gasteiger partial charge in [-0.1, -0.05) is 0 Å². The van der Waals surface area contributed by atoms with Crippen LogP contribution in [0.4, 0.5) is 10.1 Å². The predicted molar refractivity (Wildman–Crippen MR) is 94.7 cm³/mol. The van der Waals surface area contributed by atoms with Crippen LogP contribution >= 0.6 is 0 Å². The van der Waals surface area contributed by atoms with Crippen LogP contribution in [0, 0.1) is 5.82 Å². The molecule has 0 radical (unpaired) electrons. The summed E-state index contributed by atoms with van der Waals surface area (Å²) in [6.45, 7) is 1.79. The molecule has 0 saturated carbocycles. The van der Waals surface area contributed by atoms with Crippen LogP contribution in [0.5, 0.6) is 5.75 Å². The Labute approximate surface area is 155 Å². The van der Waals surface area contributed by atoms with Crippen LogP contribution in [0.1, 0.15) is 46.2 Å². The average Bonchev–Trinajstić information content (AvgIpc) is 3.19. The molecule has 4 rings (SSSR count). The van der Waals surface area contributed by atoms with Crippen LogP contribution < -0.4 is 9.64 Å². The van der Waals surface area contributed by atoms with Gasteiger partial charge in [-0.2, -0.15) is 0 Å². The maximum Gasteiger partial charge on any atom is 0.268 e. The molecule has 2 aromatic rings. The number of nitrogens with zero attached hydrogens (tertiary/aromatic N) is 2. The fraction of sp³-hybridized carbons (Fsp3) is 0.300. The first-order chi connectivity index (χ1) is 12.9. The number of pyridine rings is 1. The molecule has 1 aromatic carbocycles. The monoisotopic (exact) mass is 368 g/mol. The molecule has 27 heavy (non-hydrogen) atoms. The summed E-state index contributed by atoms with van der Waals surface area (Å²) in [5.74, 6) is -0.611. The van der Waals surface area contributed by atoms with E-state index in [1.54, 1.807) is 12.1 Å². The van der Waals surface area contributed by atoms with E-state index in [0.717, 1.165) is 0 Å². The highest BCUT2D eigenvalue weighted by Gasteiger charge is 2.36. The number of hydrogen-bond donors (Lipinski definition) is 0. The van der Waals surface area contributed by atoms with Crippen LogP contribution in [0.25, 0.3) is 0 Å². The molecule has 2 aliphatic rings. The third-order valence-corrected chi connectivity index (χ3v) is 4.93. The zero-order chi connectivity index (χ0) is 19.1. The molecule has 2 heterocycles. The van der Waals surface area contributed by atoms with Gasteiger partial charge in [0.15, 0.2) is 17.7 Å². The number of benzene rings is 1. The van der Waals surface area contributed by atoms with E-state index in [1.807, 2.05) is 0 Å². The second-order valence-corrected chi connectivity index (χ2v) is 6.70. The number of carbonyl (C=O) groups is 3. The largest absolute Gasteiger partial charge is 0.479 e. The quantitative estimate of drug-likeness (QED) is 0.776. The molecular weight excluding hydrogens is 351 g/mol. The highest BCUT2D eigenvalue weighted by atomic mass is 19.1. The van der Waals surface area contributed by atoms with Gasteiger partial charge in [-0.05, 0) is 36.2 Å². The zero-order valence-electron chi connectivity index (χ0n) is 14.7. The van der Waals surface area contributed by atoms with Crippen molar-refractivity contribution < 1.29 is 23.5 Å². The minimum atomic E-state index is -0.720. The molecular formula is C20H17FN2O4. The number of hydrogen-bond acceptors (Lipinski definition) is 5. The molecule has 138 valence electrons. The number of ketones is 2. The van der Waals surface area contributed by atoms with Gasteiger partial charge in [0.1, 0.15) is 17.3 Å². The lowest BCUT2D eigenvalue weighted by molar-refractivity contribution is -0.122. The predicted octanol–water partition coefficient (Wildman–Crippen LogP) is 2.74. The van der Waals surface area contributed by atoms with E-state index in [2.05, 4.69) is 4.98 Å². The Hall–Kier alpha value is -3.09. The number of rotatable bonds is 4. The van der Waals surface area contributed by atoms with Crippen LogP contribution in [0.15, 0.2) is 30.5 Å². The molecule has 1 amide bonds. The molecule has 1 aromatic heterocycles. The third-order valence-electron chi connectivity index (χ3n) is 4.93. The zero-order valence-corrected chi connectivity index (χ0v) is 14.7. The van der Waals surface area contributed by atoms with Crippen LogP contribution in [0.2, 0.25) is 0 Å². The number of aromatic nitrogens is 1. The van der Waals surface area contributed by atoms with Crippen LogP contribution in [-0.2, 0) is 11.2 Å². The molecule has 6 nitrogen and oxygen atoms in total. The molecule has 1 aliphatic heterocycles. The summed E-state index contributed by atoms with van der Waals surface area (Å²) in [6, 6.07) is 6.03. The van der Waals surface area contributed by atoms with Crippen molar-refractivity contribution >= 4 is 23.2 Å². The van der Waals surface area contributed by atoms with E-state index in [-0.39, 0.29) is 17.5 Å². The summed E-state index contributed by atoms with van der Waals surface area (Å²) in [7, 11) is 0. The second kappa shape index (κ2) is 6.57. The van der Waals surface area contributed by atoms with Gasteiger partial charge in [0, 0.05) is 37.6 Å². The fourth-order valence-electron chi connectivity index (χ4n) is 3.50. The normalized spacial score (nSPS) is 18.7. The summed E-state index contributed by atoms with van der Waals surface area (Å²) in [5.41, 5.74) is 1.49. The van der Waals surface area contributed by atoms with Crippen LogP contribution in [-0.4, -0.2) is 35.1 Å². The Bertz CT molecular complexity index is 955. The van der Waals surface area contributed by atoms with Crippen molar-refractivity contribution in [1.82, 2.24) is 4.98 Å². The third kappa shape index (κ3) is 3.09. The Morgan fingerprint density at radius 3 is 2.78 bits per heavy atom. The Balaban J connectivity index is 1.52. The Morgan fingerprint density at radius 2 is 2.07 bits per heavy atom. The summed E-state index contributed by atoms with van der Waals surface area (Å²) < 4.78 is 20.0. The van der Waals surface area contributed by atoms with Crippen molar-refractivity contribution in [1.29, 1.82) is 0 Å². The molecule has 1 fully saturated rings. The fourth-order valence-corrected chi connectivity index (χ4v) is 3.50. The minimum absolute atomic E-state index is 0.0955. The van der Waals surface area contributed by atoms with Gasteiger partial charge in [0.25, 0.3) is 5.91 Å². The Morgan fingerprint density at radius 1 is 1.26 bits per heavy atom.